The summed E-state index contributed by atoms with van der Waals surface area (Å²) in [4.78, 5) is 12.1. The number of rotatable bonds is 7. The van der Waals surface area contributed by atoms with Gasteiger partial charge in [-0.3, -0.25) is 4.79 Å². The minimum absolute atomic E-state index is 0.136. The minimum atomic E-state index is -0.184. The van der Waals surface area contributed by atoms with Crippen LogP contribution in [0.3, 0.4) is 0 Å². The van der Waals surface area contributed by atoms with Gasteiger partial charge in [0.1, 0.15) is 5.76 Å². The van der Waals surface area contributed by atoms with E-state index in [1.807, 2.05) is 30.3 Å². The molecule has 2 heterocycles. The van der Waals surface area contributed by atoms with Gasteiger partial charge in [0.2, 0.25) is 0 Å². The molecule has 1 aromatic carbocycles. The molecule has 128 valence electrons. The number of furan rings is 1. The fourth-order valence-electron chi connectivity index (χ4n) is 2.57. The number of amides is 1. The molecule has 0 spiro atoms. The van der Waals surface area contributed by atoms with Crippen LogP contribution in [0.2, 0.25) is 5.02 Å². The zero-order valence-corrected chi connectivity index (χ0v) is 14.9. The number of halogens is 1. The molecular weight excluding hydrogens is 346 g/mol. The minimum Gasteiger partial charge on any atom is -0.455 e. The highest BCUT2D eigenvalue weighted by atomic mass is 35.5. The normalized spacial score (nSPS) is 17.1. The summed E-state index contributed by atoms with van der Waals surface area (Å²) in [6.45, 7) is 1.33. The highest BCUT2D eigenvalue weighted by Crippen LogP contribution is 2.21. The lowest BCUT2D eigenvalue weighted by Gasteiger charge is -2.09. The maximum Gasteiger partial charge on any atom is 0.287 e. The highest BCUT2D eigenvalue weighted by Gasteiger charge is 2.18. The monoisotopic (exact) mass is 365 g/mol. The average molecular weight is 366 g/mol. The third kappa shape index (κ3) is 5.03. The van der Waals surface area contributed by atoms with Gasteiger partial charge in [-0.05, 0) is 42.7 Å². The predicted octanol–water partition coefficient (Wildman–Crippen LogP) is 4.28. The van der Waals surface area contributed by atoms with Gasteiger partial charge in [-0.1, -0.05) is 23.7 Å². The molecule has 1 aromatic heterocycles. The molecule has 0 bridgehead atoms. The first-order valence-electron chi connectivity index (χ1n) is 8.01. The molecule has 4 nitrogen and oxygen atoms in total. The summed E-state index contributed by atoms with van der Waals surface area (Å²) >= 11 is 7.70. The Bertz CT molecular complexity index is 682. The third-order valence-corrected chi connectivity index (χ3v) is 5.06. The second kappa shape index (κ2) is 8.60. The fourth-order valence-corrected chi connectivity index (χ4v) is 3.66. The van der Waals surface area contributed by atoms with E-state index < -0.39 is 0 Å². The van der Waals surface area contributed by atoms with Crippen molar-refractivity contribution in [2.75, 3.05) is 13.2 Å². The first-order valence-corrected chi connectivity index (χ1v) is 9.54. The molecule has 1 atom stereocenters. The summed E-state index contributed by atoms with van der Waals surface area (Å²) < 4.78 is 11.1. The molecule has 1 N–H and O–H groups in total. The number of hydrogen-bond acceptors (Lipinski definition) is 4. The summed E-state index contributed by atoms with van der Waals surface area (Å²) in [5, 5.41) is 3.61. The molecule has 2 aromatic rings. The molecule has 0 aliphatic carbocycles. The van der Waals surface area contributed by atoms with E-state index in [4.69, 9.17) is 20.8 Å². The van der Waals surface area contributed by atoms with Crippen molar-refractivity contribution in [3.8, 4) is 0 Å². The van der Waals surface area contributed by atoms with Crippen molar-refractivity contribution in [2.45, 2.75) is 30.5 Å². The second-order valence-corrected chi connectivity index (χ2v) is 7.16. The lowest BCUT2D eigenvalue weighted by molar-refractivity contribution is 0.0834. The number of thioether (sulfide) groups is 1. The van der Waals surface area contributed by atoms with Crippen molar-refractivity contribution >= 4 is 29.3 Å². The number of nitrogens with one attached hydrogen (secondary N) is 1. The quantitative estimate of drug-likeness (QED) is 0.795. The van der Waals surface area contributed by atoms with Crippen molar-refractivity contribution in [1.29, 1.82) is 0 Å². The van der Waals surface area contributed by atoms with Crippen LogP contribution in [0.1, 0.15) is 34.7 Å². The van der Waals surface area contributed by atoms with Crippen LogP contribution < -0.4 is 5.32 Å². The zero-order chi connectivity index (χ0) is 16.8. The van der Waals surface area contributed by atoms with Crippen LogP contribution >= 0.6 is 23.4 Å². The number of benzene rings is 1. The predicted molar refractivity (Wildman–Crippen MR) is 96.5 cm³/mol. The third-order valence-electron chi connectivity index (χ3n) is 3.80. The first-order chi connectivity index (χ1) is 11.7. The van der Waals surface area contributed by atoms with Crippen molar-refractivity contribution in [2.24, 2.45) is 0 Å². The van der Waals surface area contributed by atoms with E-state index in [0.29, 0.717) is 18.1 Å². The maximum absolute atomic E-state index is 12.1. The van der Waals surface area contributed by atoms with Crippen LogP contribution in [0.5, 0.6) is 0 Å². The lowest BCUT2D eigenvalue weighted by Crippen LogP contribution is -2.31. The van der Waals surface area contributed by atoms with Crippen molar-refractivity contribution in [3.05, 3.63) is 58.5 Å². The largest absolute Gasteiger partial charge is 0.455 e. The topological polar surface area (TPSA) is 51.5 Å². The van der Waals surface area contributed by atoms with E-state index in [2.05, 4.69) is 5.32 Å². The van der Waals surface area contributed by atoms with Crippen molar-refractivity contribution in [3.63, 3.8) is 0 Å². The second-order valence-electron chi connectivity index (χ2n) is 5.73. The van der Waals surface area contributed by atoms with Gasteiger partial charge in [0.05, 0.1) is 11.9 Å². The van der Waals surface area contributed by atoms with Gasteiger partial charge in [0, 0.05) is 23.9 Å². The summed E-state index contributed by atoms with van der Waals surface area (Å²) in [7, 11) is 0. The van der Waals surface area contributed by atoms with Crippen LogP contribution in [0.25, 0.3) is 0 Å². The number of ether oxygens (including phenoxy) is 1. The molecule has 1 aliphatic heterocycles. The number of carbonyl (C=O) groups is 1. The molecule has 0 radical (unpaired) electrons. The van der Waals surface area contributed by atoms with Gasteiger partial charge in [-0.2, -0.15) is 0 Å². The molecule has 1 aliphatic rings. The Morgan fingerprint density at radius 2 is 2.21 bits per heavy atom. The molecule has 24 heavy (non-hydrogen) atoms. The summed E-state index contributed by atoms with van der Waals surface area (Å²) in [6, 6.07) is 11.4. The first kappa shape index (κ1) is 17.4. The molecular formula is C18H20ClNO3S. The molecule has 1 fully saturated rings. The Labute approximate surface area is 150 Å². The Morgan fingerprint density at radius 1 is 1.29 bits per heavy atom. The van der Waals surface area contributed by atoms with Gasteiger partial charge in [-0.25, -0.2) is 0 Å². The molecule has 0 saturated carbocycles. The van der Waals surface area contributed by atoms with E-state index in [9.17, 15) is 4.79 Å². The van der Waals surface area contributed by atoms with Crippen LogP contribution in [0, 0.1) is 0 Å². The smallest absolute Gasteiger partial charge is 0.287 e. The van der Waals surface area contributed by atoms with Crippen LogP contribution in [-0.4, -0.2) is 25.2 Å². The lowest BCUT2D eigenvalue weighted by atomic mass is 10.2. The molecule has 3 rings (SSSR count). The van der Waals surface area contributed by atoms with Gasteiger partial charge in [-0.15, -0.1) is 11.8 Å². The van der Waals surface area contributed by atoms with Crippen molar-refractivity contribution < 1.29 is 13.9 Å². The van der Waals surface area contributed by atoms with Crippen LogP contribution in [0.15, 0.2) is 40.8 Å². The van der Waals surface area contributed by atoms with E-state index >= 15 is 0 Å². The zero-order valence-electron chi connectivity index (χ0n) is 13.3. The van der Waals surface area contributed by atoms with E-state index in [1.54, 1.807) is 17.8 Å². The van der Waals surface area contributed by atoms with Crippen LogP contribution in [0.4, 0.5) is 0 Å². The average Bonchev–Trinajstić information content (AvgIpc) is 3.24. The molecule has 1 saturated heterocycles. The maximum atomic E-state index is 12.1. The number of hydrogen-bond donors (Lipinski definition) is 1. The summed E-state index contributed by atoms with van der Waals surface area (Å²) in [5.74, 6) is 2.53. The van der Waals surface area contributed by atoms with Crippen LogP contribution in [-0.2, 0) is 16.2 Å². The van der Waals surface area contributed by atoms with Crippen molar-refractivity contribution in [1.82, 2.24) is 5.32 Å². The molecule has 1 amide bonds. The van der Waals surface area contributed by atoms with Gasteiger partial charge in [0.25, 0.3) is 5.91 Å². The summed E-state index contributed by atoms with van der Waals surface area (Å²) in [5.41, 5.74) is 1.17. The summed E-state index contributed by atoms with van der Waals surface area (Å²) in [6.07, 6.45) is 2.20. The fraction of sp³-hybridized carbons (Fsp3) is 0.389. The molecule has 6 heteroatoms. The standard InChI is InChI=1S/C18H20ClNO3S/c19-14-4-1-3-13(9-14)11-24-12-16-6-7-17(23-16)18(21)20-10-15-5-2-8-22-15/h1,3-4,6-7,9,15H,2,5,8,10-12H2,(H,20,21). The van der Waals surface area contributed by atoms with E-state index in [-0.39, 0.29) is 12.0 Å². The SMILES string of the molecule is O=C(NCC1CCCO1)c1ccc(CSCc2cccc(Cl)c2)o1. The highest BCUT2D eigenvalue weighted by molar-refractivity contribution is 7.97. The molecule has 1 unspecified atom stereocenters. The van der Waals surface area contributed by atoms with E-state index in [1.165, 1.54) is 5.56 Å². The van der Waals surface area contributed by atoms with Gasteiger partial charge >= 0.3 is 0 Å². The van der Waals surface area contributed by atoms with E-state index in [0.717, 1.165) is 36.0 Å². The number of carbonyl (C=O) groups excluding carboxylic acids is 1. The Hall–Kier alpha value is -1.43. The van der Waals surface area contributed by atoms with Gasteiger partial charge < -0.3 is 14.5 Å². The van der Waals surface area contributed by atoms with Gasteiger partial charge in [0.15, 0.2) is 5.76 Å². The Balaban J connectivity index is 1.43. The Kier molecular flexibility index (Phi) is 6.24. The Morgan fingerprint density at radius 3 is 3.00 bits per heavy atom.